The van der Waals surface area contributed by atoms with Crippen LogP contribution in [-0.4, -0.2) is 0 Å². The Morgan fingerprint density at radius 3 is 2.67 bits per heavy atom. The lowest BCUT2D eigenvalue weighted by molar-refractivity contribution is 1.43. The Kier molecular flexibility index (Phi) is 2.70. The third-order valence-electron chi connectivity index (χ3n) is 4.02. The topological polar surface area (TPSA) is 0 Å². The Balaban J connectivity index is 1.97. The average Bonchev–Trinajstić information content (AvgIpc) is 2.54. The Labute approximate surface area is 125 Å². The van der Waals surface area contributed by atoms with E-state index in [2.05, 4.69) is 79.7 Å². The monoisotopic (exact) mass is 267 g/mol. The normalized spacial score (nSPS) is 12.7. The Morgan fingerprint density at radius 1 is 0.857 bits per heavy atom. The molecule has 3 aromatic rings. The van der Waals surface area contributed by atoms with Crippen molar-refractivity contribution in [2.75, 3.05) is 0 Å². The number of hydrogen-bond acceptors (Lipinski definition) is 0. The highest BCUT2D eigenvalue weighted by Gasteiger charge is 2.22. The molecule has 0 radical (unpaired) electrons. The van der Waals surface area contributed by atoms with Gasteiger partial charge in [-0.15, -0.1) is 0 Å². The van der Waals surface area contributed by atoms with E-state index in [-0.39, 0.29) is 0 Å². The summed E-state index contributed by atoms with van der Waals surface area (Å²) < 4.78 is 0. The van der Waals surface area contributed by atoms with Crippen molar-refractivity contribution in [2.45, 2.75) is 6.92 Å². The zero-order valence-corrected chi connectivity index (χ0v) is 11.9. The molecule has 0 aromatic heterocycles. The first-order chi connectivity index (χ1) is 10.3. The molecule has 0 N–H and O–H groups in total. The molecule has 1 aliphatic carbocycles. The largest absolute Gasteiger partial charge is 0.163 e. The van der Waals surface area contributed by atoms with Gasteiger partial charge in [-0.3, -0.25) is 0 Å². The summed E-state index contributed by atoms with van der Waals surface area (Å²) in [5.74, 6) is 0. The predicted octanol–water partition coefficient (Wildman–Crippen LogP) is 5.41. The first kappa shape index (κ1) is 12.1. The summed E-state index contributed by atoms with van der Waals surface area (Å²) >= 11 is 0. The average molecular weight is 267 g/mol. The van der Waals surface area contributed by atoms with Crippen LogP contribution in [0.1, 0.15) is 22.3 Å². The summed E-state index contributed by atoms with van der Waals surface area (Å²) in [4.78, 5) is 0. The fraction of sp³-hybridized carbons (Fsp3) is 0.0476. The lowest BCUT2D eigenvalue weighted by atomic mass is 9.87. The van der Waals surface area contributed by atoms with Gasteiger partial charge in [-0.25, -0.2) is 0 Å². The number of fused-ring (bicyclic) bond motifs is 3. The standard InChI is InChI=1S/C21H15/c1-15-6-4-8-17(14-15)19-10-5-11-20-18-9-3-2-7-16(18)12-13-21(19)20/h2-9,11-14H,1H3/q+1. The molecule has 98 valence electrons. The van der Waals surface area contributed by atoms with Crippen LogP contribution < -0.4 is 0 Å². The quantitative estimate of drug-likeness (QED) is 0.517. The van der Waals surface area contributed by atoms with Gasteiger partial charge in [0.2, 0.25) is 0 Å². The maximum absolute atomic E-state index is 3.42. The second kappa shape index (κ2) is 4.70. The Morgan fingerprint density at radius 2 is 1.76 bits per heavy atom. The van der Waals surface area contributed by atoms with Gasteiger partial charge in [-0.2, -0.15) is 0 Å². The van der Waals surface area contributed by atoms with Crippen LogP contribution in [0.5, 0.6) is 0 Å². The zero-order chi connectivity index (χ0) is 14.2. The molecule has 0 bridgehead atoms. The lowest BCUT2D eigenvalue weighted by Crippen LogP contribution is -1.96. The zero-order valence-electron chi connectivity index (χ0n) is 11.9. The molecule has 0 aliphatic heterocycles. The van der Waals surface area contributed by atoms with Gasteiger partial charge in [0.15, 0.2) is 5.57 Å². The SMILES string of the molecule is Cc1cccc(C2=[C+]C=Cc3c2ccc2ccccc32)c1. The highest BCUT2D eigenvalue weighted by Crippen LogP contribution is 2.34. The second-order valence-corrected chi connectivity index (χ2v) is 5.47. The maximum Gasteiger partial charge on any atom is 0.163 e. The minimum Gasteiger partial charge on any atom is -0.0616 e. The van der Waals surface area contributed by atoms with Gasteiger partial charge in [0.05, 0.1) is 22.8 Å². The summed E-state index contributed by atoms with van der Waals surface area (Å²) in [5.41, 5.74) is 6.25. The molecule has 3 aromatic carbocycles. The molecule has 0 saturated carbocycles. The summed E-state index contributed by atoms with van der Waals surface area (Å²) in [6.07, 6.45) is 7.62. The van der Waals surface area contributed by atoms with Crippen molar-refractivity contribution >= 4 is 22.4 Å². The molecule has 21 heavy (non-hydrogen) atoms. The number of rotatable bonds is 1. The smallest absolute Gasteiger partial charge is 0.0616 e. The van der Waals surface area contributed by atoms with E-state index in [0.717, 1.165) is 0 Å². The third-order valence-corrected chi connectivity index (χ3v) is 4.02. The van der Waals surface area contributed by atoms with E-state index in [1.165, 1.54) is 38.6 Å². The molecule has 0 atom stereocenters. The molecular weight excluding hydrogens is 252 g/mol. The van der Waals surface area contributed by atoms with Crippen molar-refractivity contribution in [2.24, 2.45) is 0 Å². The molecular formula is C21H15+. The molecule has 0 heterocycles. The van der Waals surface area contributed by atoms with E-state index in [9.17, 15) is 0 Å². The van der Waals surface area contributed by atoms with E-state index < -0.39 is 0 Å². The molecule has 4 rings (SSSR count). The van der Waals surface area contributed by atoms with Crippen LogP contribution in [-0.2, 0) is 0 Å². The predicted molar refractivity (Wildman–Crippen MR) is 89.9 cm³/mol. The van der Waals surface area contributed by atoms with Gasteiger partial charge in [0.1, 0.15) is 0 Å². The van der Waals surface area contributed by atoms with E-state index in [1.807, 2.05) is 6.08 Å². The summed E-state index contributed by atoms with van der Waals surface area (Å²) in [6, 6.07) is 21.6. The number of benzene rings is 3. The van der Waals surface area contributed by atoms with Crippen LogP contribution in [0.3, 0.4) is 0 Å². The molecule has 0 unspecified atom stereocenters. The fourth-order valence-corrected chi connectivity index (χ4v) is 3.02. The number of allylic oxidation sites excluding steroid dienone is 2. The molecule has 0 amide bonds. The minimum absolute atomic E-state index is 1.18. The Hall–Kier alpha value is -2.69. The van der Waals surface area contributed by atoms with Gasteiger partial charge < -0.3 is 0 Å². The van der Waals surface area contributed by atoms with Crippen LogP contribution in [0.4, 0.5) is 0 Å². The Bertz CT molecular complexity index is 895. The van der Waals surface area contributed by atoms with Crippen LogP contribution in [0, 0.1) is 13.0 Å². The summed E-state index contributed by atoms with van der Waals surface area (Å²) in [5, 5.41) is 2.59. The van der Waals surface area contributed by atoms with Crippen molar-refractivity contribution in [3.8, 4) is 0 Å². The van der Waals surface area contributed by atoms with Gasteiger partial charge in [-0.1, -0.05) is 36.4 Å². The maximum atomic E-state index is 3.42. The van der Waals surface area contributed by atoms with Gasteiger partial charge in [-0.05, 0) is 42.1 Å². The van der Waals surface area contributed by atoms with E-state index in [4.69, 9.17) is 0 Å². The molecule has 0 nitrogen and oxygen atoms in total. The molecule has 0 heteroatoms. The van der Waals surface area contributed by atoms with Crippen molar-refractivity contribution in [1.29, 1.82) is 0 Å². The van der Waals surface area contributed by atoms with Crippen LogP contribution >= 0.6 is 0 Å². The molecule has 0 saturated heterocycles. The highest BCUT2D eigenvalue weighted by molar-refractivity contribution is 5.99. The van der Waals surface area contributed by atoms with E-state index in [1.54, 1.807) is 0 Å². The highest BCUT2D eigenvalue weighted by atomic mass is 14.2. The van der Waals surface area contributed by atoms with Crippen molar-refractivity contribution < 1.29 is 0 Å². The molecule has 0 fully saturated rings. The lowest BCUT2D eigenvalue weighted by Gasteiger charge is -2.09. The van der Waals surface area contributed by atoms with E-state index >= 15 is 0 Å². The number of aryl methyl sites for hydroxylation is 1. The molecule has 0 spiro atoms. The van der Waals surface area contributed by atoms with Gasteiger partial charge in [0, 0.05) is 17.5 Å². The first-order valence-corrected chi connectivity index (χ1v) is 7.22. The van der Waals surface area contributed by atoms with Gasteiger partial charge in [0.25, 0.3) is 0 Å². The van der Waals surface area contributed by atoms with Gasteiger partial charge >= 0.3 is 0 Å². The molecule has 1 aliphatic rings. The van der Waals surface area contributed by atoms with E-state index in [0.29, 0.717) is 0 Å². The summed E-state index contributed by atoms with van der Waals surface area (Å²) in [6.45, 7) is 2.13. The second-order valence-electron chi connectivity index (χ2n) is 5.47. The number of hydrogen-bond donors (Lipinski definition) is 0. The fourth-order valence-electron chi connectivity index (χ4n) is 3.02. The van der Waals surface area contributed by atoms with Crippen LogP contribution in [0.2, 0.25) is 0 Å². The third kappa shape index (κ3) is 1.98. The van der Waals surface area contributed by atoms with Crippen molar-refractivity contribution in [3.63, 3.8) is 0 Å². The van der Waals surface area contributed by atoms with Crippen molar-refractivity contribution in [3.05, 3.63) is 95.1 Å². The van der Waals surface area contributed by atoms with Crippen molar-refractivity contribution in [1.82, 2.24) is 0 Å². The van der Waals surface area contributed by atoms with Crippen LogP contribution in [0.25, 0.3) is 22.4 Å². The summed E-state index contributed by atoms with van der Waals surface area (Å²) in [7, 11) is 0. The van der Waals surface area contributed by atoms with Crippen LogP contribution in [0.15, 0.2) is 66.7 Å². The first-order valence-electron chi connectivity index (χ1n) is 7.22. The minimum atomic E-state index is 1.18.